The molecule has 1 aliphatic carbocycles. The second-order valence-electron chi connectivity index (χ2n) is 9.05. The molecule has 37 heavy (non-hydrogen) atoms. The number of fused-ring (bicyclic) bond motifs is 1. The molecule has 2 N–H and O–H groups in total. The third-order valence-electron chi connectivity index (χ3n) is 6.41. The summed E-state index contributed by atoms with van der Waals surface area (Å²) >= 11 is 1.56. The number of nitriles is 1. The van der Waals surface area contributed by atoms with Gasteiger partial charge in [0.15, 0.2) is 5.13 Å². The predicted molar refractivity (Wildman–Crippen MR) is 144 cm³/mol. The first kappa shape index (κ1) is 24.8. The number of thiazole rings is 1. The molecular weight excluding hydrogens is 484 g/mol. The van der Waals surface area contributed by atoms with Gasteiger partial charge in [-0.3, -0.25) is 14.8 Å². The summed E-state index contributed by atoms with van der Waals surface area (Å²) in [6.07, 6.45) is 6.65. The van der Waals surface area contributed by atoms with Crippen molar-refractivity contribution < 1.29 is 9.53 Å². The van der Waals surface area contributed by atoms with Crippen LogP contribution in [0.3, 0.4) is 0 Å². The van der Waals surface area contributed by atoms with Crippen LogP contribution in [0.25, 0.3) is 11.1 Å². The lowest BCUT2D eigenvalue weighted by Crippen LogP contribution is -2.36. The highest BCUT2D eigenvalue weighted by Gasteiger charge is 2.23. The molecule has 0 fully saturated rings. The maximum absolute atomic E-state index is 13.0. The molecule has 188 valence electrons. The molecule has 0 bridgehead atoms. The number of carbonyl (C=O) groups excluding carboxylic acids is 1. The Hall–Kier alpha value is -3.84. The van der Waals surface area contributed by atoms with E-state index in [1.807, 2.05) is 47.3 Å². The molecule has 2 aromatic carbocycles. The summed E-state index contributed by atoms with van der Waals surface area (Å²) in [5.74, 6) is -0.165. The summed E-state index contributed by atoms with van der Waals surface area (Å²) in [7, 11) is 1.71. The van der Waals surface area contributed by atoms with Crippen LogP contribution in [-0.2, 0) is 24.1 Å². The fourth-order valence-corrected chi connectivity index (χ4v) is 5.55. The second-order valence-corrected chi connectivity index (χ2v) is 10.1. The first-order valence-corrected chi connectivity index (χ1v) is 13.1. The number of carbonyl (C=O) groups is 1. The number of anilines is 1. The van der Waals surface area contributed by atoms with E-state index in [9.17, 15) is 4.79 Å². The number of nitrogens with one attached hydrogen (secondary N) is 2. The van der Waals surface area contributed by atoms with E-state index in [0.717, 1.165) is 48.2 Å². The van der Waals surface area contributed by atoms with Crippen LogP contribution in [0.4, 0.5) is 5.13 Å². The van der Waals surface area contributed by atoms with E-state index < -0.39 is 0 Å². The number of benzene rings is 2. The van der Waals surface area contributed by atoms with E-state index >= 15 is 0 Å². The highest BCUT2D eigenvalue weighted by Crippen LogP contribution is 2.30. The molecule has 2 heterocycles. The lowest BCUT2D eigenvalue weighted by Gasteiger charge is -2.22. The summed E-state index contributed by atoms with van der Waals surface area (Å²) in [4.78, 5) is 18.9. The third-order valence-corrected chi connectivity index (χ3v) is 7.45. The average Bonchev–Trinajstić information content (AvgIpc) is 3.55. The zero-order chi connectivity index (χ0) is 25.6. The maximum atomic E-state index is 13.0. The first-order chi connectivity index (χ1) is 18.1. The van der Waals surface area contributed by atoms with Crippen molar-refractivity contribution in [2.75, 3.05) is 25.6 Å². The number of aryl methyl sites for hydroxylation is 1. The van der Waals surface area contributed by atoms with Crippen LogP contribution in [0.1, 0.15) is 38.5 Å². The van der Waals surface area contributed by atoms with E-state index in [1.165, 1.54) is 4.88 Å². The first-order valence-electron chi connectivity index (χ1n) is 12.3. The molecule has 4 aromatic rings. The van der Waals surface area contributed by atoms with Crippen LogP contribution >= 0.6 is 11.3 Å². The van der Waals surface area contributed by atoms with Crippen LogP contribution in [0.2, 0.25) is 0 Å². The lowest BCUT2D eigenvalue weighted by atomic mass is 9.98. The largest absolute Gasteiger partial charge is 0.383 e. The van der Waals surface area contributed by atoms with E-state index in [-0.39, 0.29) is 5.91 Å². The second kappa shape index (κ2) is 11.5. The van der Waals surface area contributed by atoms with Gasteiger partial charge in [0.2, 0.25) is 0 Å². The minimum atomic E-state index is -0.165. The number of ether oxygens (including phenoxy) is 1. The van der Waals surface area contributed by atoms with Crippen molar-refractivity contribution in [1.82, 2.24) is 20.1 Å². The molecule has 0 saturated heterocycles. The Morgan fingerprint density at radius 1 is 1.24 bits per heavy atom. The minimum absolute atomic E-state index is 0.165. The molecule has 1 atom stereocenters. The van der Waals surface area contributed by atoms with Crippen molar-refractivity contribution >= 4 is 22.4 Å². The van der Waals surface area contributed by atoms with Gasteiger partial charge in [-0.1, -0.05) is 24.3 Å². The maximum Gasteiger partial charge on any atom is 0.257 e. The number of hydrogen-bond donors (Lipinski definition) is 2. The van der Waals surface area contributed by atoms with Gasteiger partial charge in [-0.05, 0) is 54.7 Å². The van der Waals surface area contributed by atoms with Crippen LogP contribution in [0.5, 0.6) is 0 Å². The molecule has 5 rings (SSSR count). The Bertz CT molecular complexity index is 1420. The normalized spacial score (nSPS) is 14.6. The molecule has 1 aliphatic rings. The van der Waals surface area contributed by atoms with Gasteiger partial charge in [0.25, 0.3) is 5.91 Å². The standard InChI is InChI=1S/C28H28N6O2S/c1-36-12-11-30-24-9-10-25-26(14-24)37-28(32-25)33-27(35)22-4-2-3-20(13-22)17-34-18-23(16-31-34)21-7-5-19(15-29)6-8-21/h2-8,13,16,18,24,30H,9-12,14,17H2,1H3,(H,32,33,35)/t24-/m0/s1. The molecule has 0 unspecified atom stereocenters. The molecule has 8 nitrogen and oxygen atoms in total. The topological polar surface area (TPSA) is 105 Å². The van der Waals surface area contributed by atoms with Crippen molar-refractivity contribution in [2.45, 2.75) is 31.8 Å². The Morgan fingerprint density at radius 3 is 2.92 bits per heavy atom. The molecule has 0 aliphatic heterocycles. The van der Waals surface area contributed by atoms with E-state index in [2.05, 4.69) is 26.8 Å². The quantitative estimate of drug-likeness (QED) is 0.325. The highest BCUT2D eigenvalue weighted by atomic mass is 32.1. The SMILES string of the molecule is COCCN[C@H]1CCc2nc(NC(=O)c3cccc(Cn4cc(-c5ccc(C#N)cc5)cn4)c3)sc2C1. The Labute approximate surface area is 219 Å². The van der Waals surface area contributed by atoms with Crippen LogP contribution in [0.15, 0.2) is 60.9 Å². The molecule has 9 heteroatoms. The zero-order valence-corrected chi connectivity index (χ0v) is 21.4. The summed E-state index contributed by atoms with van der Waals surface area (Å²) in [6.45, 7) is 2.08. The van der Waals surface area contributed by atoms with Gasteiger partial charge in [0.05, 0.1) is 36.7 Å². The molecule has 0 radical (unpaired) electrons. The fraction of sp³-hybridized carbons (Fsp3) is 0.286. The van der Waals surface area contributed by atoms with Gasteiger partial charge < -0.3 is 10.1 Å². The Balaban J connectivity index is 1.21. The van der Waals surface area contributed by atoms with Crippen molar-refractivity contribution in [2.24, 2.45) is 0 Å². The van der Waals surface area contributed by atoms with Crippen molar-refractivity contribution in [3.8, 4) is 17.2 Å². The minimum Gasteiger partial charge on any atom is -0.383 e. The number of aromatic nitrogens is 3. The van der Waals surface area contributed by atoms with Gasteiger partial charge in [0.1, 0.15) is 0 Å². The van der Waals surface area contributed by atoms with Crippen LogP contribution in [-0.4, -0.2) is 47.0 Å². The van der Waals surface area contributed by atoms with Gasteiger partial charge in [-0.25, -0.2) is 4.98 Å². The van der Waals surface area contributed by atoms with Crippen molar-refractivity contribution in [3.05, 3.63) is 88.2 Å². The molecule has 0 saturated carbocycles. The summed E-state index contributed by atoms with van der Waals surface area (Å²) in [5.41, 5.74) is 5.26. The zero-order valence-electron chi connectivity index (χ0n) is 20.6. The smallest absolute Gasteiger partial charge is 0.257 e. The van der Waals surface area contributed by atoms with E-state index in [4.69, 9.17) is 10.00 Å². The third kappa shape index (κ3) is 6.12. The van der Waals surface area contributed by atoms with Crippen LogP contribution < -0.4 is 10.6 Å². The molecule has 1 amide bonds. The Morgan fingerprint density at radius 2 is 2.11 bits per heavy atom. The molecular formula is C28H28N6O2S. The fourth-order valence-electron chi connectivity index (χ4n) is 4.47. The summed E-state index contributed by atoms with van der Waals surface area (Å²) in [6, 6.07) is 17.6. The van der Waals surface area contributed by atoms with Crippen molar-refractivity contribution in [3.63, 3.8) is 0 Å². The number of hydrogen-bond acceptors (Lipinski definition) is 7. The number of nitrogens with zero attached hydrogens (tertiary/aromatic N) is 4. The number of amides is 1. The molecule has 2 aromatic heterocycles. The highest BCUT2D eigenvalue weighted by molar-refractivity contribution is 7.15. The number of methoxy groups -OCH3 is 1. The van der Waals surface area contributed by atoms with Gasteiger partial charge >= 0.3 is 0 Å². The summed E-state index contributed by atoms with van der Waals surface area (Å²) < 4.78 is 6.97. The average molecular weight is 513 g/mol. The number of rotatable bonds is 9. The monoisotopic (exact) mass is 512 g/mol. The van der Waals surface area contributed by atoms with Crippen LogP contribution in [0, 0.1) is 11.3 Å². The van der Waals surface area contributed by atoms with E-state index in [1.54, 1.807) is 36.8 Å². The van der Waals surface area contributed by atoms with Gasteiger partial charge in [0, 0.05) is 41.9 Å². The summed E-state index contributed by atoms with van der Waals surface area (Å²) in [5, 5.41) is 20.6. The van der Waals surface area contributed by atoms with E-state index in [0.29, 0.717) is 35.5 Å². The lowest BCUT2D eigenvalue weighted by molar-refractivity contribution is 0.102. The van der Waals surface area contributed by atoms with Crippen molar-refractivity contribution in [1.29, 1.82) is 5.26 Å². The van der Waals surface area contributed by atoms with Gasteiger partial charge in [-0.15, -0.1) is 11.3 Å². The van der Waals surface area contributed by atoms with Gasteiger partial charge in [-0.2, -0.15) is 10.4 Å². The molecule has 0 spiro atoms. The predicted octanol–water partition coefficient (Wildman–Crippen LogP) is 4.27. The Kier molecular flexibility index (Phi) is 7.70.